The van der Waals surface area contributed by atoms with Crippen LogP contribution < -0.4 is 15.6 Å². The minimum atomic E-state index is -3.84. The van der Waals surface area contributed by atoms with E-state index in [4.69, 9.17) is 11.6 Å². The van der Waals surface area contributed by atoms with Gasteiger partial charge >= 0.3 is 0 Å². The highest BCUT2D eigenvalue weighted by molar-refractivity contribution is 7.90. The quantitative estimate of drug-likeness (QED) is 0.572. The standard InChI is InChI=1S/C22H22ClN5O4S/c23-15-8-9-18-19(11-15)25-14-28(22(18)30)13-21(29)26-16-5-4-6-17(12-16)33(31,32)27-20-7-2-1-3-10-24-20/h4-6,8-9,11-12,14H,1-3,7,10,13H2,(H,24,27)(H,26,29). The Morgan fingerprint density at radius 3 is 2.82 bits per heavy atom. The lowest BCUT2D eigenvalue weighted by Gasteiger charge is -2.12. The van der Waals surface area contributed by atoms with Crippen molar-refractivity contribution < 1.29 is 13.2 Å². The summed E-state index contributed by atoms with van der Waals surface area (Å²) in [5.74, 6) is -0.0470. The second-order valence-electron chi connectivity index (χ2n) is 7.66. The summed E-state index contributed by atoms with van der Waals surface area (Å²) in [5.41, 5.74) is 0.351. The smallest absolute Gasteiger partial charge is 0.262 e. The number of aliphatic imine (C=N–C) groups is 1. The molecule has 0 saturated carbocycles. The van der Waals surface area contributed by atoms with Crippen molar-refractivity contribution in [1.29, 1.82) is 0 Å². The summed E-state index contributed by atoms with van der Waals surface area (Å²) in [4.78, 5) is 33.6. The molecule has 33 heavy (non-hydrogen) atoms. The van der Waals surface area contributed by atoms with E-state index in [1.165, 1.54) is 29.1 Å². The Balaban J connectivity index is 1.48. The zero-order valence-corrected chi connectivity index (χ0v) is 19.2. The first-order valence-electron chi connectivity index (χ1n) is 10.4. The van der Waals surface area contributed by atoms with Gasteiger partial charge in [0.1, 0.15) is 12.4 Å². The van der Waals surface area contributed by atoms with E-state index in [1.807, 2.05) is 0 Å². The van der Waals surface area contributed by atoms with Crippen LogP contribution in [0.4, 0.5) is 5.69 Å². The van der Waals surface area contributed by atoms with Gasteiger partial charge < -0.3 is 5.32 Å². The van der Waals surface area contributed by atoms with Gasteiger partial charge in [0.15, 0.2) is 0 Å². The van der Waals surface area contributed by atoms with E-state index in [2.05, 4.69) is 20.0 Å². The molecule has 172 valence electrons. The number of carbonyl (C=O) groups is 1. The fourth-order valence-corrected chi connectivity index (χ4v) is 4.81. The Labute approximate surface area is 195 Å². The molecule has 1 amide bonds. The summed E-state index contributed by atoms with van der Waals surface area (Å²) in [6.45, 7) is 0.320. The maximum atomic E-state index is 12.8. The van der Waals surface area contributed by atoms with Crippen LogP contribution in [0.1, 0.15) is 25.7 Å². The van der Waals surface area contributed by atoms with Gasteiger partial charge in [-0.3, -0.25) is 23.9 Å². The summed E-state index contributed by atoms with van der Waals surface area (Å²) in [7, 11) is -3.84. The number of aromatic nitrogens is 2. The fraction of sp³-hybridized carbons (Fsp3) is 0.273. The second-order valence-corrected chi connectivity index (χ2v) is 9.78. The Morgan fingerprint density at radius 2 is 1.97 bits per heavy atom. The molecule has 0 radical (unpaired) electrons. The Morgan fingerprint density at radius 1 is 1.12 bits per heavy atom. The van der Waals surface area contributed by atoms with Gasteiger partial charge in [-0.05, 0) is 49.2 Å². The molecule has 1 aliphatic heterocycles. The van der Waals surface area contributed by atoms with E-state index in [-0.39, 0.29) is 17.0 Å². The molecule has 4 rings (SSSR count). The monoisotopic (exact) mass is 487 g/mol. The maximum Gasteiger partial charge on any atom is 0.262 e. The SMILES string of the molecule is O=C(Cn1cnc2cc(Cl)ccc2c1=O)Nc1cccc(S(=O)(=O)NC2=NCCCCC2)c1. The molecule has 0 bridgehead atoms. The number of carbonyl (C=O) groups excluding carboxylic acids is 1. The van der Waals surface area contributed by atoms with Crippen molar-refractivity contribution in [3.05, 3.63) is 64.2 Å². The van der Waals surface area contributed by atoms with Crippen LogP contribution >= 0.6 is 11.6 Å². The number of hydrogen-bond donors (Lipinski definition) is 2. The molecule has 0 fully saturated rings. The molecule has 2 aromatic carbocycles. The summed E-state index contributed by atoms with van der Waals surface area (Å²) in [6, 6.07) is 10.6. The van der Waals surface area contributed by atoms with E-state index in [9.17, 15) is 18.0 Å². The second kappa shape index (κ2) is 9.72. The summed E-state index contributed by atoms with van der Waals surface area (Å²) >= 11 is 5.93. The minimum Gasteiger partial charge on any atom is -0.324 e. The van der Waals surface area contributed by atoms with Gasteiger partial charge in [-0.1, -0.05) is 24.1 Å². The number of halogens is 1. The summed E-state index contributed by atoms with van der Waals surface area (Å²) in [5, 5.41) is 3.43. The average molecular weight is 488 g/mol. The number of anilines is 1. The molecule has 2 heterocycles. The van der Waals surface area contributed by atoms with Gasteiger partial charge in [0.25, 0.3) is 15.6 Å². The zero-order valence-electron chi connectivity index (χ0n) is 17.6. The zero-order chi connectivity index (χ0) is 23.4. The fourth-order valence-electron chi connectivity index (χ4n) is 3.51. The average Bonchev–Trinajstić information content (AvgIpc) is 3.04. The number of hydrogen-bond acceptors (Lipinski definition) is 6. The van der Waals surface area contributed by atoms with E-state index in [0.717, 1.165) is 19.3 Å². The molecule has 0 aliphatic carbocycles. The molecule has 1 aliphatic rings. The molecule has 2 N–H and O–H groups in total. The van der Waals surface area contributed by atoms with E-state index < -0.39 is 15.9 Å². The molecule has 0 unspecified atom stereocenters. The number of amides is 1. The predicted molar refractivity (Wildman–Crippen MR) is 127 cm³/mol. The third-order valence-electron chi connectivity index (χ3n) is 5.16. The van der Waals surface area contributed by atoms with Gasteiger partial charge in [-0.15, -0.1) is 0 Å². The van der Waals surface area contributed by atoms with Crippen molar-refractivity contribution >= 4 is 50.0 Å². The van der Waals surface area contributed by atoms with Crippen molar-refractivity contribution in [3.63, 3.8) is 0 Å². The van der Waals surface area contributed by atoms with Crippen LogP contribution in [0.2, 0.25) is 5.02 Å². The first kappa shape index (κ1) is 22.9. The Kier molecular flexibility index (Phi) is 6.75. The summed E-state index contributed by atoms with van der Waals surface area (Å²) in [6.07, 6.45) is 4.69. The maximum absolute atomic E-state index is 12.8. The Bertz CT molecular complexity index is 1400. The third-order valence-corrected chi connectivity index (χ3v) is 6.77. The highest BCUT2D eigenvalue weighted by Gasteiger charge is 2.18. The lowest BCUT2D eigenvalue weighted by molar-refractivity contribution is -0.116. The number of benzene rings is 2. The molecule has 0 saturated heterocycles. The molecule has 3 aromatic rings. The normalized spacial score (nSPS) is 14.4. The molecular weight excluding hydrogens is 466 g/mol. The number of rotatable bonds is 5. The molecule has 1 aromatic heterocycles. The summed E-state index contributed by atoms with van der Waals surface area (Å²) < 4.78 is 29.3. The van der Waals surface area contributed by atoms with Crippen LogP contribution in [-0.4, -0.2) is 36.3 Å². The lowest BCUT2D eigenvalue weighted by atomic mass is 10.2. The largest absolute Gasteiger partial charge is 0.324 e. The predicted octanol–water partition coefficient (Wildman–Crippen LogP) is 2.94. The van der Waals surface area contributed by atoms with Crippen molar-refractivity contribution in [1.82, 2.24) is 14.3 Å². The third kappa shape index (κ3) is 5.58. The number of fused-ring (bicyclic) bond motifs is 1. The number of sulfonamides is 1. The van der Waals surface area contributed by atoms with Crippen LogP contribution in [0.25, 0.3) is 10.9 Å². The van der Waals surface area contributed by atoms with Crippen LogP contribution in [0.15, 0.2) is 63.5 Å². The number of amidine groups is 1. The minimum absolute atomic E-state index is 0.00802. The van der Waals surface area contributed by atoms with E-state index in [0.29, 0.717) is 40.4 Å². The highest BCUT2D eigenvalue weighted by atomic mass is 35.5. The molecule has 9 nitrogen and oxygen atoms in total. The van der Waals surface area contributed by atoms with Gasteiger partial charge in [-0.2, -0.15) is 0 Å². The number of nitrogens with zero attached hydrogens (tertiary/aromatic N) is 3. The van der Waals surface area contributed by atoms with Crippen LogP contribution in [0.5, 0.6) is 0 Å². The van der Waals surface area contributed by atoms with E-state index >= 15 is 0 Å². The van der Waals surface area contributed by atoms with Crippen LogP contribution in [0, 0.1) is 0 Å². The molecule has 0 atom stereocenters. The number of nitrogens with one attached hydrogen (secondary N) is 2. The molecule has 11 heteroatoms. The topological polar surface area (TPSA) is 123 Å². The van der Waals surface area contributed by atoms with Crippen molar-refractivity contribution in [2.24, 2.45) is 4.99 Å². The Hall–Kier alpha value is -3.24. The van der Waals surface area contributed by atoms with Crippen LogP contribution in [-0.2, 0) is 21.4 Å². The van der Waals surface area contributed by atoms with Crippen LogP contribution in [0.3, 0.4) is 0 Å². The molecule has 0 spiro atoms. The van der Waals surface area contributed by atoms with Gasteiger partial charge in [0.05, 0.1) is 22.1 Å². The van der Waals surface area contributed by atoms with Crippen molar-refractivity contribution in [2.75, 3.05) is 11.9 Å². The van der Waals surface area contributed by atoms with Crippen molar-refractivity contribution in [3.8, 4) is 0 Å². The highest BCUT2D eigenvalue weighted by Crippen LogP contribution is 2.17. The van der Waals surface area contributed by atoms with E-state index in [1.54, 1.807) is 24.3 Å². The van der Waals surface area contributed by atoms with Gasteiger partial charge in [-0.25, -0.2) is 13.4 Å². The van der Waals surface area contributed by atoms with Crippen molar-refractivity contribution in [2.45, 2.75) is 37.1 Å². The van der Waals surface area contributed by atoms with Gasteiger partial charge in [0.2, 0.25) is 5.91 Å². The first-order chi connectivity index (χ1) is 15.8. The first-order valence-corrected chi connectivity index (χ1v) is 12.3. The molecular formula is C22H22ClN5O4S. The van der Waals surface area contributed by atoms with Gasteiger partial charge in [0, 0.05) is 23.7 Å². The lowest BCUT2D eigenvalue weighted by Crippen LogP contribution is -2.30.